The Balaban J connectivity index is 2.03. The lowest BCUT2D eigenvalue weighted by Crippen LogP contribution is -2.24. The molecule has 0 saturated heterocycles. The summed E-state index contributed by atoms with van der Waals surface area (Å²) in [5, 5.41) is 0. The zero-order chi connectivity index (χ0) is 23.3. The lowest BCUT2D eigenvalue weighted by Gasteiger charge is -2.27. The Morgan fingerprint density at radius 3 is 1.66 bits per heavy atom. The van der Waals surface area contributed by atoms with Crippen LogP contribution < -0.4 is 14.4 Å². The molecule has 0 fully saturated rings. The molecule has 4 nitrogen and oxygen atoms in total. The lowest BCUT2D eigenvalue weighted by atomic mass is 10.0. The molecule has 0 aliphatic heterocycles. The molecule has 0 saturated carbocycles. The van der Waals surface area contributed by atoms with Gasteiger partial charge in [0.05, 0.1) is 31.0 Å². The molecule has 0 aromatic heterocycles. The quantitative estimate of drug-likeness (QED) is 0.319. The van der Waals surface area contributed by atoms with Gasteiger partial charge in [0.15, 0.2) is 12.1 Å². The molecule has 3 aromatic rings. The van der Waals surface area contributed by atoms with Crippen LogP contribution in [0.25, 0.3) is 0 Å². The van der Waals surface area contributed by atoms with Crippen molar-refractivity contribution in [2.24, 2.45) is 0 Å². The Morgan fingerprint density at radius 2 is 1.28 bits per heavy atom. The second-order valence-electron chi connectivity index (χ2n) is 7.03. The van der Waals surface area contributed by atoms with Crippen molar-refractivity contribution in [1.29, 1.82) is 0 Å². The van der Waals surface area contributed by atoms with Gasteiger partial charge < -0.3 is 14.4 Å². The summed E-state index contributed by atoms with van der Waals surface area (Å²) in [7, 11) is 3.06. The van der Waals surface area contributed by atoms with E-state index in [1.54, 1.807) is 53.4 Å². The number of halogens is 4. The highest BCUT2D eigenvalue weighted by atomic mass is 19.4. The maximum absolute atomic E-state index is 15.1. The number of rotatable bonds is 8. The number of hydrogen-bond acceptors (Lipinski definition) is 4. The van der Waals surface area contributed by atoms with Crippen LogP contribution in [-0.2, 0) is 19.3 Å². The van der Waals surface area contributed by atoms with Crippen LogP contribution in [0.4, 0.5) is 23.2 Å². The fourth-order valence-electron chi connectivity index (χ4n) is 3.32. The Labute approximate surface area is 183 Å². The first-order valence-corrected chi connectivity index (χ1v) is 9.62. The molecule has 0 bridgehead atoms. The lowest BCUT2D eigenvalue weighted by molar-refractivity contribution is -0.138. The Kier molecular flexibility index (Phi) is 7.02. The van der Waals surface area contributed by atoms with Gasteiger partial charge >= 0.3 is 6.18 Å². The SMILES string of the molecule is COc1ccc(CN(Cc2ccc(OC)cc2)c2ccc(C(F)(F)F)c(C=O)c2F)cc1. The van der Waals surface area contributed by atoms with Crippen LogP contribution >= 0.6 is 0 Å². The van der Waals surface area contributed by atoms with Gasteiger partial charge in [-0.3, -0.25) is 4.79 Å². The molecule has 0 amide bonds. The maximum Gasteiger partial charge on any atom is 0.417 e. The average Bonchev–Trinajstić information content (AvgIpc) is 2.78. The topological polar surface area (TPSA) is 38.8 Å². The maximum atomic E-state index is 15.1. The standard InChI is InChI=1S/C24H21F4NO3/c1-31-18-7-3-16(4-8-18)13-29(14-17-5-9-19(32-2)10-6-17)22-12-11-21(24(26,27)28)20(15-30)23(22)25/h3-12,15H,13-14H2,1-2H3. The molecule has 3 aromatic carbocycles. The summed E-state index contributed by atoms with van der Waals surface area (Å²) in [4.78, 5) is 12.9. The van der Waals surface area contributed by atoms with Crippen molar-refractivity contribution in [2.75, 3.05) is 19.1 Å². The van der Waals surface area contributed by atoms with E-state index in [9.17, 15) is 18.0 Å². The minimum atomic E-state index is -4.84. The van der Waals surface area contributed by atoms with E-state index in [0.29, 0.717) is 11.5 Å². The highest BCUT2D eigenvalue weighted by Gasteiger charge is 2.35. The molecular weight excluding hydrogens is 426 g/mol. The number of alkyl halides is 3. The van der Waals surface area contributed by atoms with E-state index < -0.39 is 23.1 Å². The van der Waals surface area contributed by atoms with Gasteiger partial charge in [-0.2, -0.15) is 13.2 Å². The van der Waals surface area contributed by atoms with Crippen molar-refractivity contribution < 1.29 is 31.8 Å². The van der Waals surface area contributed by atoms with Crippen LogP contribution in [0.15, 0.2) is 60.7 Å². The molecule has 0 N–H and O–H groups in total. The molecule has 0 aliphatic rings. The average molecular weight is 447 g/mol. The van der Waals surface area contributed by atoms with Gasteiger partial charge in [0.2, 0.25) is 0 Å². The predicted octanol–water partition coefficient (Wildman–Crippen LogP) is 5.88. The number of aldehydes is 1. The van der Waals surface area contributed by atoms with Crippen molar-refractivity contribution in [3.63, 3.8) is 0 Å². The summed E-state index contributed by atoms with van der Waals surface area (Å²) in [6, 6.07) is 15.9. The highest BCUT2D eigenvalue weighted by molar-refractivity contribution is 5.81. The van der Waals surface area contributed by atoms with Crippen molar-refractivity contribution in [2.45, 2.75) is 19.3 Å². The minimum absolute atomic E-state index is 0.0966. The third kappa shape index (κ3) is 5.19. The number of methoxy groups -OCH3 is 2. The van der Waals surface area contributed by atoms with Gasteiger partial charge in [0.25, 0.3) is 0 Å². The fraction of sp³-hybridized carbons (Fsp3) is 0.208. The predicted molar refractivity (Wildman–Crippen MR) is 113 cm³/mol. The van der Waals surface area contributed by atoms with Crippen LogP contribution in [0.1, 0.15) is 27.0 Å². The van der Waals surface area contributed by atoms with E-state index in [1.807, 2.05) is 0 Å². The summed E-state index contributed by atoms with van der Waals surface area (Å²) < 4.78 is 65.1. The summed E-state index contributed by atoms with van der Waals surface area (Å²) >= 11 is 0. The number of ether oxygens (including phenoxy) is 2. The van der Waals surface area contributed by atoms with Gasteiger partial charge in [0, 0.05) is 13.1 Å². The van der Waals surface area contributed by atoms with E-state index in [4.69, 9.17) is 9.47 Å². The van der Waals surface area contributed by atoms with E-state index in [1.165, 1.54) is 14.2 Å². The molecule has 0 radical (unpaired) electrons. The first kappa shape index (κ1) is 23.1. The molecule has 0 atom stereocenters. The second-order valence-corrected chi connectivity index (χ2v) is 7.03. The third-order valence-corrected chi connectivity index (χ3v) is 4.99. The van der Waals surface area contributed by atoms with Crippen molar-refractivity contribution in [1.82, 2.24) is 0 Å². The van der Waals surface area contributed by atoms with Gasteiger partial charge in [-0.1, -0.05) is 24.3 Å². The molecular formula is C24H21F4NO3. The van der Waals surface area contributed by atoms with E-state index in [0.717, 1.165) is 23.3 Å². The fourth-order valence-corrected chi connectivity index (χ4v) is 3.32. The number of carbonyl (C=O) groups is 1. The number of carbonyl (C=O) groups excluding carboxylic acids is 1. The van der Waals surface area contributed by atoms with E-state index in [-0.39, 0.29) is 25.1 Å². The van der Waals surface area contributed by atoms with Gasteiger partial charge in [0.1, 0.15) is 11.5 Å². The molecule has 0 spiro atoms. The highest BCUT2D eigenvalue weighted by Crippen LogP contribution is 2.36. The summed E-state index contributed by atoms with van der Waals surface area (Å²) in [6.07, 6.45) is -4.94. The Morgan fingerprint density at radius 1 is 0.812 bits per heavy atom. The smallest absolute Gasteiger partial charge is 0.417 e. The monoisotopic (exact) mass is 447 g/mol. The van der Waals surface area contributed by atoms with Crippen LogP contribution in [0.5, 0.6) is 11.5 Å². The van der Waals surface area contributed by atoms with Crippen molar-refractivity contribution in [3.8, 4) is 11.5 Å². The first-order chi connectivity index (χ1) is 15.3. The number of hydrogen-bond donors (Lipinski definition) is 0. The molecule has 168 valence electrons. The molecule has 3 rings (SSSR count). The van der Waals surface area contributed by atoms with Crippen LogP contribution in [0.3, 0.4) is 0 Å². The summed E-state index contributed by atoms with van der Waals surface area (Å²) in [5.41, 5.74) is -0.851. The van der Waals surface area contributed by atoms with Crippen LogP contribution in [0.2, 0.25) is 0 Å². The first-order valence-electron chi connectivity index (χ1n) is 9.62. The molecule has 0 heterocycles. The normalized spacial score (nSPS) is 11.2. The van der Waals surface area contributed by atoms with Crippen LogP contribution in [-0.4, -0.2) is 20.5 Å². The largest absolute Gasteiger partial charge is 0.497 e. The molecule has 32 heavy (non-hydrogen) atoms. The van der Waals surface area contributed by atoms with Gasteiger partial charge in [-0.15, -0.1) is 0 Å². The summed E-state index contributed by atoms with van der Waals surface area (Å²) in [6.45, 7) is 0.382. The van der Waals surface area contributed by atoms with Crippen LogP contribution in [0, 0.1) is 5.82 Å². The zero-order valence-electron chi connectivity index (χ0n) is 17.4. The van der Waals surface area contributed by atoms with E-state index >= 15 is 4.39 Å². The molecule has 8 heteroatoms. The molecule has 0 aliphatic carbocycles. The van der Waals surface area contributed by atoms with E-state index in [2.05, 4.69) is 0 Å². The number of nitrogens with zero attached hydrogens (tertiary/aromatic N) is 1. The minimum Gasteiger partial charge on any atom is -0.497 e. The number of benzene rings is 3. The van der Waals surface area contributed by atoms with Crippen molar-refractivity contribution in [3.05, 3.63) is 88.7 Å². The zero-order valence-corrected chi connectivity index (χ0v) is 17.4. The second kappa shape index (κ2) is 9.72. The van der Waals surface area contributed by atoms with Gasteiger partial charge in [-0.05, 0) is 47.5 Å². The Hall–Kier alpha value is -3.55. The Bertz CT molecular complexity index is 1010. The molecule has 0 unspecified atom stereocenters. The van der Waals surface area contributed by atoms with Gasteiger partial charge in [-0.25, -0.2) is 4.39 Å². The number of anilines is 1. The van der Waals surface area contributed by atoms with Crippen molar-refractivity contribution >= 4 is 12.0 Å². The summed E-state index contributed by atoms with van der Waals surface area (Å²) in [5.74, 6) is 0.0654. The third-order valence-electron chi connectivity index (χ3n) is 4.99.